The van der Waals surface area contributed by atoms with E-state index in [0.29, 0.717) is 6.20 Å². The summed E-state index contributed by atoms with van der Waals surface area (Å²) in [4.78, 5) is 18.6. The van der Waals surface area contributed by atoms with E-state index in [-0.39, 0.29) is 25.5 Å². The van der Waals surface area contributed by atoms with E-state index in [4.69, 9.17) is 16.7 Å². The third-order valence-corrected chi connectivity index (χ3v) is 3.46. The molecule has 1 fully saturated rings. The smallest absolute Gasteiger partial charge is 0.420 e. The van der Waals surface area contributed by atoms with E-state index in [1.807, 2.05) is 0 Å². The highest BCUT2D eigenvalue weighted by Gasteiger charge is 2.35. The topological polar surface area (TPSA) is 78.4 Å². The van der Waals surface area contributed by atoms with E-state index < -0.39 is 35.2 Å². The Morgan fingerprint density at radius 3 is 2.68 bits per heavy atom. The Morgan fingerprint density at radius 2 is 2.18 bits per heavy atom. The van der Waals surface area contributed by atoms with Gasteiger partial charge in [-0.1, -0.05) is 11.6 Å². The Morgan fingerprint density at radius 1 is 1.50 bits per heavy atom. The van der Waals surface area contributed by atoms with Crippen molar-refractivity contribution in [2.75, 3.05) is 18.4 Å². The third kappa shape index (κ3) is 3.67. The summed E-state index contributed by atoms with van der Waals surface area (Å²) in [6.45, 7) is -0.233. The summed E-state index contributed by atoms with van der Waals surface area (Å²) in [5.74, 6) is -0.241. The number of amides is 1. The van der Waals surface area contributed by atoms with Crippen LogP contribution in [0.3, 0.4) is 0 Å². The number of likely N-dealkylation sites (tertiary alicyclic amines) is 1. The number of carbonyl (C=O) groups is 1. The van der Waals surface area contributed by atoms with Crippen LogP contribution in [-0.4, -0.2) is 51.4 Å². The van der Waals surface area contributed by atoms with Crippen LogP contribution in [0.1, 0.15) is 12.0 Å². The molecule has 122 valence electrons. The molecule has 0 aromatic carbocycles. The standard InChI is InChI=1S/C11H11ClF4N4O2/c12-8-5(11(14,15)16)3-17-9(19-8)18-7-1-2-20(10(21)22)4-6(7)13/h3,6-7H,1-2,4H2,(H,21,22)(H,17,18,19)/t6-,7+/m1/s1. The first-order valence-electron chi connectivity index (χ1n) is 6.16. The molecule has 1 amide bonds. The lowest BCUT2D eigenvalue weighted by molar-refractivity contribution is -0.137. The summed E-state index contributed by atoms with van der Waals surface area (Å²) in [7, 11) is 0. The number of hydrogen-bond acceptors (Lipinski definition) is 4. The number of aromatic nitrogens is 2. The minimum absolute atomic E-state index is 0.0990. The van der Waals surface area contributed by atoms with Gasteiger partial charge in [0, 0.05) is 12.7 Å². The molecule has 11 heteroatoms. The fraction of sp³-hybridized carbons (Fsp3) is 0.545. The van der Waals surface area contributed by atoms with Gasteiger partial charge in [-0.05, 0) is 6.42 Å². The van der Waals surface area contributed by atoms with Crippen LogP contribution in [0.5, 0.6) is 0 Å². The highest BCUT2D eigenvalue weighted by atomic mass is 35.5. The molecular weight excluding hydrogens is 332 g/mol. The maximum atomic E-state index is 13.9. The number of alkyl halides is 4. The molecule has 0 spiro atoms. The summed E-state index contributed by atoms with van der Waals surface area (Å²) in [5.41, 5.74) is -1.18. The fourth-order valence-electron chi connectivity index (χ4n) is 2.03. The largest absolute Gasteiger partial charge is 0.465 e. The predicted molar refractivity (Wildman–Crippen MR) is 68.6 cm³/mol. The van der Waals surface area contributed by atoms with Crippen LogP contribution in [0.15, 0.2) is 6.20 Å². The number of halogens is 5. The van der Waals surface area contributed by atoms with Crippen LogP contribution >= 0.6 is 11.6 Å². The van der Waals surface area contributed by atoms with E-state index in [2.05, 4.69) is 15.3 Å². The predicted octanol–water partition coefficient (Wildman–Crippen LogP) is 2.65. The lowest BCUT2D eigenvalue weighted by atomic mass is 10.0. The minimum atomic E-state index is -4.68. The van der Waals surface area contributed by atoms with Gasteiger partial charge in [0.2, 0.25) is 5.95 Å². The number of nitrogens with one attached hydrogen (secondary N) is 1. The minimum Gasteiger partial charge on any atom is -0.465 e. The molecule has 2 rings (SSSR count). The van der Waals surface area contributed by atoms with Crippen molar-refractivity contribution in [2.45, 2.75) is 24.8 Å². The molecule has 0 radical (unpaired) electrons. The van der Waals surface area contributed by atoms with Gasteiger partial charge in [-0.3, -0.25) is 0 Å². The van der Waals surface area contributed by atoms with E-state index in [9.17, 15) is 22.4 Å². The summed E-state index contributed by atoms with van der Waals surface area (Å²) in [5, 5.41) is 10.5. The molecule has 1 aromatic rings. The zero-order valence-electron chi connectivity index (χ0n) is 10.9. The van der Waals surface area contributed by atoms with E-state index in [1.54, 1.807) is 0 Å². The number of hydrogen-bond donors (Lipinski definition) is 2. The van der Waals surface area contributed by atoms with Crippen molar-refractivity contribution >= 4 is 23.6 Å². The molecule has 2 N–H and O–H groups in total. The molecule has 1 saturated heterocycles. The van der Waals surface area contributed by atoms with Crippen molar-refractivity contribution in [3.05, 3.63) is 16.9 Å². The number of piperidine rings is 1. The SMILES string of the molecule is O=C(O)N1CC[C@H](Nc2ncc(C(F)(F)F)c(Cl)n2)[C@H](F)C1. The van der Waals surface area contributed by atoms with Gasteiger partial charge in [-0.25, -0.2) is 19.2 Å². The van der Waals surface area contributed by atoms with Crippen molar-refractivity contribution < 1.29 is 27.5 Å². The summed E-state index contributed by atoms with van der Waals surface area (Å²) >= 11 is 5.44. The van der Waals surface area contributed by atoms with Gasteiger partial charge in [0.25, 0.3) is 0 Å². The van der Waals surface area contributed by atoms with Crippen LogP contribution in [0.4, 0.5) is 28.3 Å². The highest BCUT2D eigenvalue weighted by molar-refractivity contribution is 6.30. The van der Waals surface area contributed by atoms with Gasteiger partial charge in [0.15, 0.2) is 0 Å². The zero-order chi connectivity index (χ0) is 16.5. The van der Waals surface area contributed by atoms with Gasteiger partial charge in [0.05, 0.1) is 12.6 Å². The number of rotatable bonds is 2. The quantitative estimate of drug-likeness (QED) is 0.638. The Balaban J connectivity index is 2.06. The van der Waals surface area contributed by atoms with Crippen LogP contribution in [-0.2, 0) is 6.18 Å². The highest BCUT2D eigenvalue weighted by Crippen LogP contribution is 2.33. The first-order valence-corrected chi connectivity index (χ1v) is 6.54. The molecule has 2 atom stereocenters. The monoisotopic (exact) mass is 342 g/mol. The third-order valence-electron chi connectivity index (χ3n) is 3.17. The maximum absolute atomic E-state index is 13.9. The first-order chi connectivity index (χ1) is 10.2. The van der Waals surface area contributed by atoms with E-state index >= 15 is 0 Å². The molecule has 6 nitrogen and oxygen atoms in total. The van der Waals surface area contributed by atoms with Crippen molar-refractivity contribution in [2.24, 2.45) is 0 Å². The normalized spacial score (nSPS) is 22.5. The Labute approximate surface area is 127 Å². The molecule has 1 aromatic heterocycles. The van der Waals surface area contributed by atoms with Crippen molar-refractivity contribution in [3.63, 3.8) is 0 Å². The lowest BCUT2D eigenvalue weighted by Gasteiger charge is -2.33. The van der Waals surface area contributed by atoms with Crippen LogP contribution in [0.25, 0.3) is 0 Å². The van der Waals surface area contributed by atoms with Crippen molar-refractivity contribution in [1.29, 1.82) is 0 Å². The fourth-order valence-corrected chi connectivity index (χ4v) is 2.26. The number of anilines is 1. The van der Waals surface area contributed by atoms with Crippen LogP contribution in [0.2, 0.25) is 5.15 Å². The second-order valence-electron chi connectivity index (χ2n) is 4.68. The molecule has 0 aliphatic carbocycles. The molecule has 1 aliphatic heterocycles. The Kier molecular flexibility index (Phi) is 4.59. The Hall–Kier alpha value is -1.84. The van der Waals surface area contributed by atoms with Crippen LogP contribution in [0, 0.1) is 0 Å². The molecule has 0 saturated carbocycles. The molecule has 2 heterocycles. The second kappa shape index (κ2) is 6.11. The van der Waals surface area contributed by atoms with E-state index in [0.717, 1.165) is 4.90 Å². The first kappa shape index (κ1) is 16.5. The summed E-state index contributed by atoms with van der Waals surface area (Å²) in [6.07, 6.45) is -6.79. The number of nitrogens with zero attached hydrogens (tertiary/aromatic N) is 3. The van der Waals surface area contributed by atoms with Gasteiger partial charge < -0.3 is 15.3 Å². The molecule has 0 unspecified atom stereocenters. The molecule has 1 aliphatic rings. The second-order valence-corrected chi connectivity index (χ2v) is 5.04. The number of carboxylic acid groups (broad SMARTS) is 1. The maximum Gasteiger partial charge on any atom is 0.420 e. The van der Waals surface area contributed by atoms with Gasteiger partial charge in [0.1, 0.15) is 16.9 Å². The van der Waals surface area contributed by atoms with Gasteiger partial charge in [-0.15, -0.1) is 0 Å². The zero-order valence-corrected chi connectivity index (χ0v) is 11.7. The molecule has 22 heavy (non-hydrogen) atoms. The lowest BCUT2D eigenvalue weighted by Crippen LogP contribution is -2.49. The summed E-state index contributed by atoms with van der Waals surface area (Å²) < 4.78 is 51.4. The average molecular weight is 343 g/mol. The molecular formula is C11H11ClF4N4O2. The van der Waals surface area contributed by atoms with Crippen LogP contribution < -0.4 is 5.32 Å². The van der Waals surface area contributed by atoms with Gasteiger partial charge >= 0.3 is 12.3 Å². The van der Waals surface area contributed by atoms with Gasteiger partial charge in [-0.2, -0.15) is 13.2 Å². The summed E-state index contributed by atoms with van der Waals surface area (Å²) in [6, 6.07) is -0.802. The van der Waals surface area contributed by atoms with Crippen molar-refractivity contribution in [3.8, 4) is 0 Å². The molecule has 0 bridgehead atoms. The average Bonchev–Trinajstić information content (AvgIpc) is 2.39. The van der Waals surface area contributed by atoms with Crippen molar-refractivity contribution in [1.82, 2.24) is 14.9 Å². The Bertz CT molecular complexity index is 572. The van der Waals surface area contributed by atoms with E-state index in [1.165, 1.54) is 0 Å².